The zero-order valence-corrected chi connectivity index (χ0v) is 22.7. The lowest BCUT2D eigenvalue weighted by atomic mass is 9.97. The maximum Gasteiger partial charge on any atom is 0.193 e. The van der Waals surface area contributed by atoms with Crippen LogP contribution in [0.3, 0.4) is 0 Å². The fourth-order valence-corrected chi connectivity index (χ4v) is 7.55. The number of rotatable bonds is 10. The van der Waals surface area contributed by atoms with E-state index in [1.54, 1.807) is 19.2 Å². The number of ketones is 1. The first-order chi connectivity index (χ1) is 17.8. The number of hydrogen-bond donors (Lipinski definition) is 0. The molecule has 0 saturated carbocycles. The number of halogens is 1. The Morgan fingerprint density at radius 2 is 2.00 bits per heavy atom. The van der Waals surface area contributed by atoms with Crippen LogP contribution in [-0.2, 0) is 38.1 Å². The maximum atomic E-state index is 13.1. The van der Waals surface area contributed by atoms with Crippen LogP contribution in [0.4, 0.5) is 0 Å². The van der Waals surface area contributed by atoms with Crippen molar-refractivity contribution in [1.29, 1.82) is 0 Å². The summed E-state index contributed by atoms with van der Waals surface area (Å²) in [5.74, 6) is 0.585. The molecule has 5 rings (SSSR count). The van der Waals surface area contributed by atoms with Gasteiger partial charge in [0, 0.05) is 18.9 Å². The van der Waals surface area contributed by atoms with Gasteiger partial charge in [0.25, 0.3) is 0 Å². The summed E-state index contributed by atoms with van der Waals surface area (Å²) in [5.41, 5.74) is 3.31. The van der Waals surface area contributed by atoms with E-state index >= 15 is 0 Å². The van der Waals surface area contributed by atoms with Crippen molar-refractivity contribution in [1.82, 2.24) is 9.78 Å². The van der Waals surface area contributed by atoms with Crippen molar-refractivity contribution < 1.29 is 22.7 Å². The summed E-state index contributed by atoms with van der Waals surface area (Å²) in [4.78, 5) is 12.5. The number of thiophene rings is 1. The molecule has 0 spiro atoms. The van der Waals surface area contributed by atoms with Crippen molar-refractivity contribution in [2.75, 3.05) is 20.3 Å². The van der Waals surface area contributed by atoms with Gasteiger partial charge in [-0.15, -0.1) is 11.3 Å². The molecule has 37 heavy (non-hydrogen) atoms. The smallest absolute Gasteiger partial charge is 0.193 e. The average molecular weight is 559 g/mol. The van der Waals surface area contributed by atoms with Crippen LogP contribution in [0, 0.1) is 5.92 Å². The first kappa shape index (κ1) is 25.9. The minimum Gasteiger partial charge on any atom is -0.496 e. The van der Waals surface area contributed by atoms with Gasteiger partial charge < -0.3 is 9.47 Å². The fraction of sp³-hybridized carbons (Fsp3) is 0.333. The number of carbonyl (C=O) groups excluding carboxylic acids is 1. The molecular weight excluding hydrogens is 532 g/mol. The highest BCUT2D eigenvalue weighted by Gasteiger charge is 2.25. The van der Waals surface area contributed by atoms with Crippen LogP contribution in [0.1, 0.15) is 29.7 Å². The SMILES string of the molecule is COc1cccc2c1c(CS(=O)(=O)c1ccc(Cl)s1)nn2Cc1cccc(CCC(=O)C2CCOC2)c1. The van der Waals surface area contributed by atoms with Gasteiger partial charge in [-0.3, -0.25) is 9.48 Å². The fourth-order valence-electron chi connectivity index (χ4n) is 4.70. The first-order valence-electron chi connectivity index (χ1n) is 12.0. The topological polar surface area (TPSA) is 87.5 Å². The van der Waals surface area contributed by atoms with E-state index in [4.69, 9.17) is 26.2 Å². The second-order valence-corrected chi connectivity index (χ2v) is 13.1. The monoisotopic (exact) mass is 558 g/mol. The van der Waals surface area contributed by atoms with E-state index in [1.165, 1.54) is 6.07 Å². The third-order valence-electron chi connectivity index (χ3n) is 6.58. The summed E-state index contributed by atoms with van der Waals surface area (Å²) in [6.45, 7) is 1.65. The highest BCUT2D eigenvalue weighted by molar-refractivity contribution is 7.92. The van der Waals surface area contributed by atoms with Crippen LogP contribution < -0.4 is 4.74 Å². The molecule has 0 radical (unpaired) electrons. The van der Waals surface area contributed by atoms with Gasteiger partial charge in [-0.25, -0.2) is 8.42 Å². The lowest BCUT2D eigenvalue weighted by molar-refractivity contribution is -0.122. The Morgan fingerprint density at radius 1 is 1.19 bits per heavy atom. The quantitative estimate of drug-likeness (QED) is 0.262. The molecule has 1 aliphatic heterocycles. The molecule has 0 bridgehead atoms. The molecular formula is C27H27ClN2O5S2. The molecule has 2 aromatic carbocycles. The highest BCUT2D eigenvalue weighted by atomic mass is 35.5. The van der Waals surface area contributed by atoms with Gasteiger partial charge in [0.2, 0.25) is 0 Å². The van der Waals surface area contributed by atoms with Crippen LogP contribution in [0.2, 0.25) is 4.34 Å². The Balaban J connectivity index is 1.41. The summed E-state index contributed by atoms with van der Waals surface area (Å²) in [6, 6.07) is 16.8. The predicted octanol–water partition coefficient (Wildman–Crippen LogP) is 5.32. The van der Waals surface area contributed by atoms with Crippen molar-refractivity contribution >= 4 is 49.5 Å². The van der Waals surface area contributed by atoms with Crippen molar-refractivity contribution in [2.45, 2.75) is 35.8 Å². The van der Waals surface area contributed by atoms with Crippen molar-refractivity contribution in [3.05, 3.63) is 75.8 Å². The minimum atomic E-state index is -3.64. The molecule has 0 amide bonds. The maximum absolute atomic E-state index is 13.1. The van der Waals surface area contributed by atoms with E-state index < -0.39 is 9.84 Å². The molecule has 10 heteroatoms. The van der Waals surface area contributed by atoms with E-state index in [2.05, 4.69) is 6.07 Å². The van der Waals surface area contributed by atoms with E-state index in [0.717, 1.165) is 34.4 Å². The normalized spacial score (nSPS) is 15.9. The Bertz CT molecular complexity index is 1540. The standard InChI is InChI=1S/C27H27ClN2O5S2/c1-34-24-7-3-6-22-27(24)21(17-37(32,33)26-11-10-25(28)36-26)29-30(22)15-19-5-2-4-18(14-19)8-9-23(31)20-12-13-35-16-20/h2-7,10-11,14,20H,8-9,12-13,15-17H2,1H3. The summed E-state index contributed by atoms with van der Waals surface area (Å²) < 4.78 is 39.6. The number of methoxy groups -OCH3 is 1. The predicted molar refractivity (Wildman–Crippen MR) is 144 cm³/mol. The van der Waals surface area contributed by atoms with Crippen molar-refractivity contribution in [3.8, 4) is 5.75 Å². The Labute approximate surface area is 224 Å². The number of Topliss-reactive ketones (excluding diaryl/α,β-unsaturated/α-hetero) is 1. The lowest BCUT2D eigenvalue weighted by Crippen LogP contribution is -2.14. The van der Waals surface area contributed by atoms with Gasteiger partial charge in [0.15, 0.2) is 9.84 Å². The van der Waals surface area contributed by atoms with Crippen molar-refractivity contribution in [2.24, 2.45) is 5.92 Å². The number of nitrogens with zero attached hydrogens (tertiary/aromatic N) is 2. The number of fused-ring (bicyclic) bond motifs is 1. The number of ether oxygens (including phenoxy) is 2. The molecule has 4 aromatic rings. The molecule has 2 aromatic heterocycles. The van der Waals surface area contributed by atoms with Crippen LogP contribution in [0.25, 0.3) is 10.9 Å². The highest BCUT2D eigenvalue weighted by Crippen LogP contribution is 2.33. The molecule has 1 aliphatic rings. The third-order valence-corrected chi connectivity index (χ3v) is 10.0. The number of aryl methyl sites for hydroxylation is 1. The number of benzene rings is 2. The van der Waals surface area contributed by atoms with Gasteiger partial charge in [0.1, 0.15) is 21.5 Å². The molecule has 1 saturated heterocycles. The molecule has 3 heterocycles. The van der Waals surface area contributed by atoms with E-state index in [9.17, 15) is 13.2 Å². The number of aromatic nitrogens is 2. The zero-order chi connectivity index (χ0) is 26.0. The van der Waals surface area contributed by atoms with Crippen LogP contribution in [0.15, 0.2) is 58.8 Å². The Hall–Kier alpha value is -2.72. The summed E-state index contributed by atoms with van der Waals surface area (Å²) in [6.07, 6.45) is 1.98. The Kier molecular flexibility index (Phi) is 7.67. The number of hydrogen-bond acceptors (Lipinski definition) is 7. The number of carbonyl (C=O) groups is 1. The van der Waals surface area contributed by atoms with Gasteiger partial charge in [-0.1, -0.05) is 41.9 Å². The van der Waals surface area contributed by atoms with Gasteiger partial charge in [0.05, 0.1) is 41.2 Å². The van der Waals surface area contributed by atoms with Crippen LogP contribution in [-0.4, -0.2) is 44.3 Å². The van der Waals surface area contributed by atoms with E-state index in [1.807, 2.05) is 35.0 Å². The van der Waals surface area contributed by atoms with Gasteiger partial charge in [-0.2, -0.15) is 5.10 Å². The summed E-state index contributed by atoms with van der Waals surface area (Å²) in [7, 11) is -2.07. The average Bonchev–Trinajstić information content (AvgIpc) is 3.64. The molecule has 1 atom stereocenters. The zero-order valence-electron chi connectivity index (χ0n) is 20.4. The summed E-state index contributed by atoms with van der Waals surface area (Å²) >= 11 is 7.02. The minimum absolute atomic E-state index is 0.0218. The second kappa shape index (κ2) is 10.9. The van der Waals surface area contributed by atoms with Crippen LogP contribution in [0.5, 0.6) is 5.75 Å². The summed E-state index contributed by atoms with van der Waals surface area (Å²) in [5, 5.41) is 5.41. The van der Waals surface area contributed by atoms with E-state index in [0.29, 0.717) is 53.8 Å². The molecule has 1 unspecified atom stereocenters. The van der Waals surface area contributed by atoms with E-state index in [-0.39, 0.29) is 21.7 Å². The van der Waals surface area contributed by atoms with Gasteiger partial charge >= 0.3 is 0 Å². The lowest BCUT2D eigenvalue weighted by Gasteiger charge is -2.09. The van der Waals surface area contributed by atoms with Gasteiger partial charge in [-0.05, 0) is 48.2 Å². The third kappa shape index (κ3) is 5.75. The molecule has 0 N–H and O–H groups in total. The first-order valence-corrected chi connectivity index (χ1v) is 14.9. The molecule has 1 fully saturated rings. The molecule has 194 valence electrons. The van der Waals surface area contributed by atoms with Crippen LogP contribution >= 0.6 is 22.9 Å². The molecule has 0 aliphatic carbocycles. The van der Waals surface area contributed by atoms with Crippen molar-refractivity contribution in [3.63, 3.8) is 0 Å². The Morgan fingerprint density at radius 3 is 2.73 bits per heavy atom. The largest absolute Gasteiger partial charge is 0.496 e. The molecule has 7 nitrogen and oxygen atoms in total. The second-order valence-electron chi connectivity index (χ2n) is 9.12. The number of sulfone groups is 1.